The minimum Gasteiger partial charge on any atom is -0.399 e. The van der Waals surface area contributed by atoms with Gasteiger partial charge in [-0.15, -0.1) is 0 Å². The van der Waals surface area contributed by atoms with Crippen molar-refractivity contribution in [1.82, 2.24) is 4.31 Å². The molecule has 0 aliphatic heterocycles. The van der Waals surface area contributed by atoms with Gasteiger partial charge in [-0.3, -0.25) is 0 Å². The van der Waals surface area contributed by atoms with E-state index in [2.05, 4.69) is 0 Å². The van der Waals surface area contributed by atoms with Crippen LogP contribution >= 0.6 is 11.6 Å². The van der Waals surface area contributed by atoms with E-state index in [1.165, 1.54) is 16.4 Å². The fourth-order valence-electron chi connectivity index (χ4n) is 1.89. The molecule has 2 N–H and O–H groups in total. The second-order valence-corrected chi connectivity index (χ2v) is 7.11. The minimum atomic E-state index is -3.55. The smallest absolute Gasteiger partial charge is 0.244 e. The number of nitrogens with two attached hydrogens (primary N) is 1. The Morgan fingerprint density at radius 1 is 1.15 bits per heavy atom. The Kier molecular flexibility index (Phi) is 6.79. The van der Waals surface area contributed by atoms with Crippen molar-refractivity contribution < 1.29 is 8.42 Å². The van der Waals surface area contributed by atoms with Crippen LogP contribution in [0, 0.1) is 0 Å². The Morgan fingerprint density at radius 3 is 2.15 bits per heavy atom. The molecular formula is C14H23ClN2O2S. The highest BCUT2D eigenvalue weighted by Crippen LogP contribution is 2.27. The normalized spacial score (nSPS) is 12.0. The molecule has 0 unspecified atom stereocenters. The van der Waals surface area contributed by atoms with Crippen LogP contribution in [-0.2, 0) is 10.0 Å². The Balaban J connectivity index is 3.07. The Hall–Kier alpha value is -0.780. The number of rotatable bonds is 8. The molecule has 0 fully saturated rings. The van der Waals surface area contributed by atoms with Gasteiger partial charge < -0.3 is 5.73 Å². The third-order valence-corrected chi connectivity index (χ3v) is 5.48. The number of halogens is 1. The van der Waals surface area contributed by atoms with Gasteiger partial charge in [0.1, 0.15) is 4.90 Å². The summed E-state index contributed by atoms with van der Waals surface area (Å²) in [4.78, 5) is 0.139. The summed E-state index contributed by atoms with van der Waals surface area (Å²) in [5.41, 5.74) is 6.08. The van der Waals surface area contributed by atoms with Crippen LogP contribution in [0.3, 0.4) is 0 Å². The van der Waals surface area contributed by atoms with Gasteiger partial charge in [-0.25, -0.2) is 8.42 Å². The summed E-state index contributed by atoms with van der Waals surface area (Å²) in [6.07, 6.45) is 3.59. The van der Waals surface area contributed by atoms with Crippen LogP contribution in [0.1, 0.15) is 39.5 Å². The van der Waals surface area contributed by atoms with Crippen LogP contribution in [0.5, 0.6) is 0 Å². The van der Waals surface area contributed by atoms with Crippen molar-refractivity contribution in [1.29, 1.82) is 0 Å². The second kappa shape index (κ2) is 7.86. The first kappa shape index (κ1) is 17.3. The lowest BCUT2D eigenvalue weighted by molar-refractivity contribution is 0.395. The topological polar surface area (TPSA) is 63.4 Å². The van der Waals surface area contributed by atoms with Gasteiger partial charge >= 0.3 is 0 Å². The van der Waals surface area contributed by atoms with Gasteiger partial charge in [0.2, 0.25) is 10.0 Å². The van der Waals surface area contributed by atoms with Gasteiger partial charge in [0, 0.05) is 18.8 Å². The highest BCUT2D eigenvalue weighted by atomic mass is 35.5. The third-order valence-electron chi connectivity index (χ3n) is 3.10. The third kappa shape index (κ3) is 4.36. The molecule has 0 saturated carbocycles. The predicted octanol–water partition coefficient (Wildman–Crippen LogP) is 3.51. The lowest BCUT2D eigenvalue weighted by atomic mass is 10.3. The van der Waals surface area contributed by atoms with E-state index in [0.29, 0.717) is 18.8 Å². The maximum Gasteiger partial charge on any atom is 0.244 e. The zero-order chi connectivity index (χ0) is 15.2. The molecule has 0 atom stereocenters. The summed E-state index contributed by atoms with van der Waals surface area (Å²) < 4.78 is 26.9. The largest absolute Gasteiger partial charge is 0.399 e. The molecule has 0 aliphatic rings. The number of sulfonamides is 1. The molecule has 1 aromatic rings. The van der Waals surface area contributed by atoms with Crippen LogP contribution in [0.2, 0.25) is 5.02 Å². The van der Waals surface area contributed by atoms with Crippen LogP contribution in [-0.4, -0.2) is 25.8 Å². The van der Waals surface area contributed by atoms with Crippen LogP contribution < -0.4 is 5.73 Å². The van der Waals surface area contributed by atoms with Crippen LogP contribution in [0.4, 0.5) is 5.69 Å². The zero-order valence-corrected chi connectivity index (χ0v) is 13.7. The molecule has 1 aromatic carbocycles. The molecule has 114 valence electrons. The van der Waals surface area contributed by atoms with Crippen molar-refractivity contribution in [2.75, 3.05) is 18.8 Å². The van der Waals surface area contributed by atoms with Crippen molar-refractivity contribution in [3.63, 3.8) is 0 Å². The molecule has 20 heavy (non-hydrogen) atoms. The van der Waals surface area contributed by atoms with Crippen molar-refractivity contribution in [3.8, 4) is 0 Å². The van der Waals surface area contributed by atoms with E-state index in [0.717, 1.165) is 25.7 Å². The minimum absolute atomic E-state index is 0.139. The van der Waals surface area contributed by atoms with Gasteiger partial charge in [-0.2, -0.15) is 4.31 Å². The highest BCUT2D eigenvalue weighted by Gasteiger charge is 2.25. The van der Waals surface area contributed by atoms with E-state index >= 15 is 0 Å². The van der Waals surface area contributed by atoms with Crippen molar-refractivity contribution in [2.24, 2.45) is 0 Å². The molecule has 1 rings (SSSR count). The molecule has 0 spiro atoms. The van der Waals surface area contributed by atoms with Crippen LogP contribution in [0.25, 0.3) is 0 Å². The molecule has 0 aromatic heterocycles. The van der Waals surface area contributed by atoms with Crippen molar-refractivity contribution in [3.05, 3.63) is 23.2 Å². The van der Waals surface area contributed by atoms with Gasteiger partial charge in [-0.1, -0.05) is 38.3 Å². The van der Waals surface area contributed by atoms with Gasteiger partial charge in [-0.05, 0) is 31.0 Å². The van der Waals surface area contributed by atoms with Gasteiger partial charge in [0.25, 0.3) is 0 Å². The Morgan fingerprint density at radius 2 is 1.70 bits per heavy atom. The lowest BCUT2D eigenvalue weighted by Crippen LogP contribution is -2.33. The number of nitrogens with zero attached hydrogens (tertiary/aromatic N) is 1. The number of nitrogen functional groups attached to an aromatic ring is 1. The molecule has 6 heteroatoms. The molecule has 0 radical (unpaired) electrons. The maximum atomic E-state index is 12.7. The quantitative estimate of drug-likeness (QED) is 0.746. The number of hydrogen-bond donors (Lipinski definition) is 1. The summed E-state index contributed by atoms with van der Waals surface area (Å²) in [6, 6.07) is 4.53. The Labute approximate surface area is 127 Å². The average molecular weight is 319 g/mol. The molecule has 0 aliphatic carbocycles. The fraction of sp³-hybridized carbons (Fsp3) is 0.571. The van der Waals surface area contributed by atoms with E-state index in [1.807, 2.05) is 13.8 Å². The molecular weight excluding hydrogens is 296 g/mol. The summed E-state index contributed by atoms with van der Waals surface area (Å²) in [6.45, 7) is 5.14. The van der Waals surface area contributed by atoms with Crippen molar-refractivity contribution >= 4 is 27.3 Å². The van der Waals surface area contributed by atoms with E-state index < -0.39 is 10.0 Å². The van der Waals surface area contributed by atoms with E-state index in [-0.39, 0.29) is 9.92 Å². The average Bonchev–Trinajstić information content (AvgIpc) is 2.38. The summed E-state index contributed by atoms with van der Waals surface area (Å²) in [7, 11) is -3.55. The monoisotopic (exact) mass is 318 g/mol. The summed E-state index contributed by atoms with van der Waals surface area (Å²) >= 11 is 6.04. The number of benzene rings is 1. The standard InChI is InChI=1S/C14H23ClN2O2S/c1-3-5-9-17(10-6-4-2)20(18,19)14-8-7-12(16)11-13(14)15/h7-8,11H,3-6,9-10,16H2,1-2H3. The van der Waals surface area contributed by atoms with E-state index in [9.17, 15) is 8.42 Å². The molecule has 4 nitrogen and oxygen atoms in total. The first-order valence-electron chi connectivity index (χ1n) is 6.98. The lowest BCUT2D eigenvalue weighted by Gasteiger charge is -2.22. The van der Waals surface area contributed by atoms with E-state index in [4.69, 9.17) is 17.3 Å². The van der Waals surface area contributed by atoms with E-state index in [1.54, 1.807) is 6.07 Å². The number of unbranched alkanes of at least 4 members (excludes halogenated alkanes) is 2. The molecule has 0 amide bonds. The zero-order valence-electron chi connectivity index (χ0n) is 12.1. The summed E-state index contributed by atoms with van der Waals surface area (Å²) in [5, 5.41) is 0.183. The SMILES string of the molecule is CCCCN(CCCC)S(=O)(=O)c1ccc(N)cc1Cl. The van der Waals surface area contributed by atoms with Gasteiger partial charge in [0.15, 0.2) is 0 Å². The maximum absolute atomic E-state index is 12.7. The molecule has 0 heterocycles. The van der Waals surface area contributed by atoms with Crippen molar-refractivity contribution in [2.45, 2.75) is 44.4 Å². The molecule has 0 saturated heterocycles. The molecule has 0 bridgehead atoms. The highest BCUT2D eigenvalue weighted by molar-refractivity contribution is 7.89. The van der Waals surface area contributed by atoms with Gasteiger partial charge in [0.05, 0.1) is 5.02 Å². The second-order valence-electron chi connectivity index (χ2n) is 4.80. The van der Waals surface area contributed by atoms with Crippen LogP contribution in [0.15, 0.2) is 23.1 Å². The predicted molar refractivity (Wildman–Crippen MR) is 84.4 cm³/mol. The Bertz CT molecular complexity index is 524. The first-order valence-corrected chi connectivity index (χ1v) is 8.80. The fourth-order valence-corrected chi connectivity index (χ4v) is 3.93. The number of hydrogen-bond acceptors (Lipinski definition) is 3. The first-order chi connectivity index (χ1) is 9.43. The summed E-state index contributed by atoms with van der Waals surface area (Å²) in [5.74, 6) is 0. The number of anilines is 1.